The van der Waals surface area contributed by atoms with Crippen molar-refractivity contribution in [1.29, 1.82) is 5.26 Å². The van der Waals surface area contributed by atoms with Gasteiger partial charge in [0.2, 0.25) is 10.0 Å². The van der Waals surface area contributed by atoms with Crippen LogP contribution in [-0.4, -0.2) is 26.7 Å². The van der Waals surface area contributed by atoms with Crippen molar-refractivity contribution in [3.05, 3.63) is 29.3 Å². The second-order valence-corrected chi connectivity index (χ2v) is 7.55. The Kier molecular flexibility index (Phi) is 4.67. The summed E-state index contributed by atoms with van der Waals surface area (Å²) in [6.07, 6.45) is 3.74. The molecule has 2 N–H and O–H groups in total. The van der Waals surface area contributed by atoms with Gasteiger partial charge in [0.1, 0.15) is 0 Å². The third-order valence-electron chi connectivity index (χ3n) is 4.27. The summed E-state index contributed by atoms with van der Waals surface area (Å²) in [6.45, 7) is 1.97. The van der Waals surface area contributed by atoms with E-state index in [0.29, 0.717) is 11.1 Å². The van der Waals surface area contributed by atoms with E-state index in [4.69, 9.17) is 5.26 Å². The van der Waals surface area contributed by atoms with Crippen molar-refractivity contribution in [3.8, 4) is 6.07 Å². The molecule has 0 amide bonds. The maximum atomic E-state index is 12.3. The average molecular weight is 308 g/mol. The first kappa shape index (κ1) is 16.0. The van der Waals surface area contributed by atoms with E-state index in [1.165, 1.54) is 18.2 Å². The molecule has 0 radical (unpaired) electrons. The second-order valence-electron chi connectivity index (χ2n) is 5.78. The van der Waals surface area contributed by atoms with Gasteiger partial charge in [-0.2, -0.15) is 5.26 Å². The molecule has 2 rings (SSSR count). The lowest BCUT2D eigenvalue weighted by atomic mass is 9.88. The molecule has 114 valence electrons. The molecular weight excluding hydrogens is 288 g/mol. The van der Waals surface area contributed by atoms with Gasteiger partial charge in [-0.15, -0.1) is 0 Å². The summed E-state index contributed by atoms with van der Waals surface area (Å²) in [7, 11) is -3.61. The van der Waals surface area contributed by atoms with E-state index in [1.807, 2.05) is 6.07 Å². The smallest absolute Gasteiger partial charge is 0.240 e. The molecule has 0 spiro atoms. The van der Waals surface area contributed by atoms with Crippen LogP contribution >= 0.6 is 0 Å². The summed E-state index contributed by atoms with van der Waals surface area (Å²) in [5.41, 5.74) is 0.781. The number of hydrogen-bond donors (Lipinski definition) is 2. The van der Waals surface area contributed by atoms with Gasteiger partial charge in [-0.3, -0.25) is 0 Å². The van der Waals surface area contributed by atoms with E-state index in [9.17, 15) is 13.5 Å². The van der Waals surface area contributed by atoms with Crippen molar-refractivity contribution in [2.24, 2.45) is 5.41 Å². The Labute approximate surface area is 125 Å². The van der Waals surface area contributed by atoms with Gasteiger partial charge in [-0.25, -0.2) is 13.1 Å². The third kappa shape index (κ3) is 3.43. The van der Waals surface area contributed by atoms with Gasteiger partial charge in [0.05, 0.1) is 16.5 Å². The summed E-state index contributed by atoms with van der Waals surface area (Å²) in [4.78, 5) is 0.157. The first-order valence-electron chi connectivity index (χ1n) is 7.04. The number of aryl methyl sites for hydroxylation is 1. The molecule has 1 aliphatic rings. The highest BCUT2D eigenvalue weighted by molar-refractivity contribution is 7.89. The van der Waals surface area contributed by atoms with Crippen LogP contribution in [0.1, 0.15) is 36.8 Å². The van der Waals surface area contributed by atoms with Crippen molar-refractivity contribution in [2.75, 3.05) is 13.2 Å². The van der Waals surface area contributed by atoms with Gasteiger partial charge in [0.15, 0.2) is 0 Å². The average Bonchev–Trinajstić information content (AvgIpc) is 2.95. The van der Waals surface area contributed by atoms with Crippen LogP contribution in [0.2, 0.25) is 0 Å². The predicted octanol–water partition coefficient (Wildman–Crippen LogP) is 1.70. The largest absolute Gasteiger partial charge is 0.396 e. The molecule has 1 aliphatic carbocycles. The SMILES string of the molecule is Cc1cc(S(=O)(=O)NCC2(CO)CCCC2)ccc1C#N. The highest BCUT2D eigenvalue weighted by atomic mass is 32.2. The Balaban J connectivity index is 2.15. The molecule has 1 aromatic carbocycles. The fourth-order valence-corrected chi connectivity index (χ4v) is 4.02. The lowest BCUT2D eigenvalue weighted by Crippen LogP contribution is -2.38. The van der Waals surface area contributed by atoms with Crippen molar-refractivity contribution in [1.82, 2.24) is 4.72 Å². The van der Waals surface area contributed by atoms with E-state index < -0.39 is 10.0 Å². The molecule has 21 heavy (non-hydrogen) atoms. The number of benzene rings is 1. The minimum atomic E-state index is -3.61. The van der Waals surface area contributed by atoms with Crippen LogP contribution in [0.3, 0.4) is 0 Å². The molecule has 1 fully saturated rings. The molecule has 0 atom stereocenters. The molecule has 0 heterocycles. The van der Waals surface area contributed by atoms with E-state index in [0.717, 1.165) is 25.7 Å². The molecule has 6 heteroatoms. The number of nitriles is 1. The summed E-state index contributed by atoms with van der Waals surface area (Å²) in [5.74, 6) is 0. The predicted molar refractivity (Wildman–Crippen MR) is 79.1 cm³/mol. The molecule has 0 bridgehead atoms. The highest BCUT2D eigenvalue weighted by Crippen LogP contribution is 2.37. The van der Waals surface area contributed by atoms with Crippen molar-refractivity contribution in [3.63, 3.8) is 0 Å². The molecule has 0 aromatic heterocycles. The second kappa shape index (κ2) is 6.14. The lowest BCUT2D eigenvalue weighted by molar-refractivity contribution is 0.134. The maximum Gasteiger partial charge on any atom is 0.240 e. The van der Waals surface area contributed by atoms with Crippen LogP contribution in [0.5, 0.6) is 0 Å². The van der Waals surface area contributed by atoms with Crippen LogP contribution < -0.4 is 4.72 Å². The van der Waals surface area contributed by atoms with Crippen molar-refractivity contribution >= 4 is 10.0 Å². The molecule has 5 nitrogen and oxygen atoms in total. The zero-order valence-electron chi connectivity index (χ0n) is 12.1. The Hall–Kier alpha value is -1.42. The van der Waals surface area contributed by atoms with Crippen LogP contribution in [-0.2, 0) is 10.0 Å². The van der Waals surface area contributed by atoms with Crippen LogP contribution in [0.25, 0.3) is 0 Å². The molecule has 0 aliphatic heterocycles. The quantitative estimate of drug-likeness (QED) is 0.866. The van der Waals surface area contributed by atoms with Gasteiger partial charge in [0, 0.05) is 18.6 Å². The van der Waals surface area contributed by atoms with Crippen LogP contribution in [0.4, 0.5) is 0 Å². The summed E-state index contributed by atoms with van der Waals surface area (Å²) in [6, 6.07) is 6.47. The minimum Gasteiger partial charge on any atom is -0.396 e. The zero-order chi connectivity index (χ0) is 15.5. The molecule has 0 unspecified atom stereocenters. The Morgan fingerprint density at radius 1 is 1.38 bits per heavy atom. The fraction of sp³-hybridized carbons (Fsp3) is 0.533. The molecule has 1 aromatic rings. The van der Waals surface area contributed by atoms with Gasteiger partial charge in [-0.05, 0) is 43.5 Å². The zero-order valence-corrected chi connectivity index (χ0v) is 12.9. The number of rotatable bonds is 5. The summed E-state index contributed by atoms with van der Waals surface area (Å²) < 4.78 is 27.2. The molecule has 0 saturated heterocycles. The Morgan fingerprint density at radius 3 is 2.57 bits per heavy atom. The molecular formula is C15H20N2O3S. The lowest BCUT2D eigenvalue weighted by Gasteiger charge is -2.26. The number of aliphatic hydroxyl groups excluding tert-OH is 1. The minimum absolute atomic E-state index is 0.00190. The highest BCUT2D eigenvalue weighted by Gasteiger charge is 2.34. The van der Waals surface area contributed by atoms with E-state index in [-0.39, 0.29) is 23.5 Å². The van der Waals surface area contributed by atoms with Crippen molar-refractivity contribution in [2.45, 2.75) is 37.5 Å². The number of nitrogens with zero attached hydrogens (tertiary/aromatic N) is 1. The number of sulfonamides is 1. The van der Waals surface area contributed by atoms with Crippen LogP contribution in [0.15, 0.2) is 23.1 Å². The Morgan fingerprint density at radius 2 is 2.05 bits per heavy atom. The van der Waals surface area contributed by atoms with Gasteiger partial charge in [-0.1, -0.05) is 12.8 Å². The summed E-state index contributed by atoms with van der Waals surface area (Å²) in [5, 5.41) is 18.4. The standard InChI is InChI=1S/C15H20N2O3S/c1-12-8-14(5-4-13(12)9-16)21(19,20)17-10-15(11-18)6-2-3-7-15/h4-5,8,17-18H,2-3,6-7,10-11H2,1H3. The topological polar surface area (TPSA) is 90.2 Å². The van der Waals surface area contributed by atoms with E-state index in [2.05, 4.69) is 4.72 Å². The number of nitrogens with one attached hydrogen (secondary N) is 1. The molecule has 1 saturated carbocycles. The first-order chi connectivity index (χ1) is 9.92. The normalized spacial score (nSPS) is 17.6. The van der Waals surface area contributed by atoms with Gasteiger partial charge >= 0.3 is 0 Å². The van der Waals surface area contributed by atoms with Crippen molar-refractivity contribution < 1.29 is 13.5 Å². The maximum absolute atomic E-state index is 12.3. The van der Waals surface area contributed by atoms with Gasteiger partial charge < -0.3 is 5.11 Å². The number of aliphatic hydroxyl groups is 1. The summed E-state index contributed by atoms with van der Waals surface area (Å²) >= 11 is 0. The first-order valence-corrected chi connectivity index (χ1v) is 8.52. The fourth-order valence-electron chi connectivity index (χ4n) is 2.78. The number of hydrogen-bond acceptors (Lipinski definition) is 4. The monoisotopic (exact) mass is 308 g/mol. The van der Waals surface area contributed by atoms with E-state index in [1.54, 1.807) is 6.92 Å². The van der Waals surface area contributed by atoms with E-state index >= 15 is 0 Å². The third-order valence-corrected chi connectivity index (χ3v) is 5.66. The Bertz CT molecular complexity index is 656. The van der Waals surface area contributed by atoms with Crippen LogP contribution in [0, 0.1) is 23.7 Å². The van der Waals surface area contributed by atoms with Gasteiger partial charge in [0.25, 0.3) is 0 Å².